The molecule has 0 amide bonds. The minimum absolute atomic E-state index is 0.0285. The molecule has 2 aromatic heterocycles. The van der Waals surface area contributed by atoms with Gasteiger partial charge in [-0.15, -0.1) is 0 Å². The highest BCUT2D eigenvalue weighted by molar-refractivity contribution is 8.46. The normalized spacial score (nSPS) is 14.5. The van der Waals surface area contributed by atoms with Crippen LogP contribution in [0, 0.1) is 107 Å². The molecule has 0 bridgehead atoms. The number of nitriles is 6. The number of thioether (sulfide) groups is 2. The van der Waals surface area contributed by atoms with Crippen molar-refractivity contribution in [1.82, 2.24) is 9.97 Å². The Morgan fingerprint density at radius 1 is 0.306 bits per heavy atom. The SMILES string of the molecule is [C-]#[N+]C([N+]#[C-])=C1C=c2c(c(-c3ccc(S(F)(F)(F)(F)F)cc3)c3c(c2-c2ccc(S(F)(F)(F)(F)F)cc2)CC(=C(C#N)C#N)C=3)C1.[C-]#[N+]C([N+]#[C-])=C1C=c2c(c(-c3ccc(SC(F)(F)F)cc3)c3c(c2-c2ccc(SC(F)(F)F)cc2)CC(=C(C#N)C#N)C=3)C1.[C-]#[N+]C([N+]#[C-])=C1C=c2c(c(-c3ccccn3)c3c(c2-c2ccccn2)CC(=C(C#N)C#N)C=3)C1. The minimum Gasteiger partial charge on any atom is -0.256 e. The number of pyridine rings is 2. The number of fused-ring (bicyclic) bond motifs is 6. The van der Waals surface area contributed by atoms with Gasteiger partial charge < -0.3 is 0 Å². The van der Waals surface area contributed by atoms with Crippen LogP contribution in [0.5, 0.6) is 0 Å². The van der Waals surface area contributed by atoms with Crippen LogP contribution in [0.15, 0.2) is 233 Å². The molecule has 0 unspecified atom stereocenters. The summed E-state index contributed by atoms with van der Waals surface area (Å²) in [7, 11) is -20.1. The maximum atomic E-state index is 13.5. The molecule has 7 aromatic carbocycles. The van der Waals surface area contributed by atoms with Gasteiger partial charge in [-0.3, -0.25) is 9.97 Å². The largest absolute Gasteiger partial charge is 0.522 e. The third kappa shape index (κ3) is 17.3. The zero-order valence-electron chi connectivity index (χ0n) is 62.5. The number of hydrogen-bond donors (Lipinski definition) is 0. The summed E-state index contributed by atoms with van der Waals surface area (Å²) in [5, 5.41) is 60.6. The number of alkyl halides is 6. The first-order valence-corrected chi connectivity index (χ1v) is 41.0. The van der Waals surface area contributed by atoms with Crippen LogP contribution in [0.2, 0.25) is 0 Å². The highest BCUT2D eigenvalue weighted by atomic mass is 32.5. The quantitative estimate of drug-likeness (QED) is 0.0550. The first-order chi connectivity index (χ1) is 58.4. The van der Waals surface area contributed by atoms with Crippen molar-refractivity contribution in [2.75, 3.05) is 0 Å². The van der Waals surface area contributed by atoms with Crippen molar-refractivity contribution >= 4 is 80.4 Å². The van der Waals surface area contributed by atoms with E-state index in [1.54, 1.807) is 36.7 Å². The Bertz CT molecular complexity index is 6940. The molecule has 0 saturated carbocycles. The van der Waals surface area contributed by atoms with Gasteiger partial charge in [0.25, 0.3) is 0 Å². The summed E-state index contributed by atoms with van der Waals surface area (Å²) in [5.74, 6) is -0.509. The van der Waals surface area contributed by atoms with E-state index in [1.807, 2.05) is 72.8 Å². The molecule has 608 valence electrons. The van der Waals surface area contributed by atoms with Gasteiger partial charge >= 0.3 is 48.9 Å². The molecule has 34 heteroatoms. The topological polar surface area (TPSA) is 195 Å². The molecular weight excluding hydrogens is 1710 g/mol. The molecule has 0 spiro atoms. The fourth-order valence-corrected chi connectivity index (χ4v) is 17.9. The lowest BCUT2D eigenvalue weighted by atomic mass is 9.87. The maximum absolute atomic E-state index is 13.5. The summed E-state index contributed by atoms with van der Waals surface area (Å²) in [6.45, 7) is 44.6. The summed E-state index contributed by atoms with van der Waals surface area (Å²) in [6, 6.07) is 37.9. The van der Waals surface area contributed by atoms with Crippen LogP contribution in [0.3, 0.4) is 0 Å². The Morgan fingerprint density at radius 3 is 0.734 bits per heavy atom. The van der Waals surface area contributed by atoms with Crippen LogP contribution < -0.4 is 31.3 Å². The van der Waals surface area contributed by atoms with Crippen molar-refractivity contribution in [2.45, 2.75) is 69.1 Å². The van der Waals surface area contributed by atoms with Crippen LogP contribution >= 0.6 is 44.0 Å². The fourth-order valence-electron chi connectivity index (χ4n) is 15.5. The number of hydrogen-bond acceptors (Lipinski definition) is 10. The highest BCUT2D eigenvalue weighted by Gasteiger charge is 2.66. The van der Waals surface area contributed by atoms with Crippen molar-refractivity contribution < 1.29 is 65.2 Å². The molecule has 0 aliphatic heterocycles. The van der Waals surface area contributed by atoms with E-state index in [0.717, 1.165) is 68.3 Å². The average Bonchev–Trinajstić information content (AvgIpc) is 1.71. The van der Waals surface area contributed by atoms with E-state index in [2.05, 4.69) is 39.0 Å². The van der Waals surface area contributed by atoms with E-state index in [4.69, 9.17) is 39.4 Å². The van der Waals surface area contributed by atoms with Crippen LogP contribution in [-0.4, -0.2) is 21.0 Å². The second-order valence-electron chi connectivity index (χ2n) is 27.7. The van der Waals surface area contributed by atoms with Gasteiger partial charge in [0.1, 0.15) is 102 Å². The summed E-state index contributed by atoms with van der Waals surface area (Å²) in [6.07, 6.45) is 14.0. The molecule has 6 aliphatic rings. The van der Waals surface area contributed by atoms with Gasteiger partial charge in [0.15, 0.2) is 0 Å². The molecule has 0 saturated heterocycles. The molecule has 9 aromatic rings. The Hall–Kier alpha value is -15.3. The number of halogens is 16. The van der Waals surface area contributed by atoms with Crippen molar-refractivity contribution in [2.24, 2.45) is 0 Å². The summed E-state index contributed by atoms with van der Waals surface area (Å²) in [5.41, 5.74) is 2.60. The lowest BCUT2D eigenvalue weighted by Gasteiger charge is -2.40. The van der Waals surface area contributed by atoms with E-state index in [0.29, 0.717) is 79.0 Å². The lowest BCUT2D eigenvalue weighted by molar-refractivity contribution is -0.0337. The third-order valence-electron chi connectivity index (χ3n) is 20.4. The monoisotopic (exact) mass is 1750 g/mol. The summed E-state index contributed by atoms with van der Waals surface area (Å²) >= 11 is -0.519. The summed E-state index contributed by atoms with van der Waals surface area (Å²) < 4.78 is 213. The van der Waals surface area contributed by atoms with Crippen molar-refractivity contribution in [3.63, 3.8) is 0 Å². The van der Waals surface area contributed by atoms with Gasteiger partial charge in [0.05, 0.1) is 28.1 Å². The Kier molecular flexibility index (Phi) is 21.7. The van der Waals surface area contributed by atoms with E-state index < -0.39 is 47.1 Å². The predicted octanol–water partition coefficient (Wildman–Crippen LogP) is 22.6. The standard InChI is InChI=1S/C32H14F6N4S2.C30H14F10N4S2.C28H14N6/c1-41-30(42-2)20-13-26-27(14-20)29(18-5-9-23(10-6-18)44-32(36,37)38)25-12-19(21(15-39)16-40)11-24(25)28(26)17-3-7-22(8-4-17)43-31(33,34)35;1-43-30(44-2)20-13-26-27(14-20)29(18-5-9-23(10-6-18)46(36,37,38,39)40)25-12-19(21(15-41)16-42)11-24(25)28(26)17-3-7-22(8-4-17)45(31,32,33,34)35;1-31-28(32-2)18-13-22-23(14-18)27(25-8-4-6-10-34-25)21-12-17(19(15-29)16-30)11-20(21)26(22)24-7-3-5-9-33-24/h3-11,14H,12-13H2;3-11,14H,12-13H2;3-11,14H,12-13H2. The molecule has 0 atom stereocenters. The predicted molar refractivity (Wildman–Crippen MR) is 436 cm³/mol. The van der Waals surface area contributed by atoms with Gasteiger partial charge in [-0.25, -0.2) is 0 Å². The zero-order valence-corrected chi connectivity index (χ0v) is 65.8. The number of nitrogens with zero attached hydrogens (tertiary/aromatic N) is 14. The zero-order chi connectivity index (χ0) is 89.7. The number of allylic oxidation sites excluding steroid dienone is 9. The second-order valence-corrected chi connectivity index (χ2v) is 34.8. The molecular formula is C90H42F16N14S4. The van der Waals surface area contributed by atoms with Crippen molar-refractivity contribution in [3.05, 3.63) is 347 Å². The molecule has 0 fully saturated rings. The lowest BCUT2D eigenvalue weighted by Crippen LogP contribution is -2.23. The molecule has 14 nitrogen and oxygen atoms in total. The maximum Gasteiger partial charge on any atom is 0.522 e. The van der Waals surface area contributed by atoms with E-state index >= 15 is 0 Å². The Balaban J connectivity index is 0.000000162. The number of aromatic nitrogens is 2. The first-order valence-electron chi connectivity index (χ1n) is 35.5. The Morgan fingerprint density at radius 2 is 0.524 bits per heavy atom. The van der Waals surface area contributed by atoms with Crippen LogP contribution in [-0.2, 0) is 38.5 Å². The Labute approximate surface area is 702 Å². The van der Waals surface area contributed by atoms with Gasteiger partial charge in [-0.05, 0) is 260 Å². The molecule has 2 heterocycles. The van der Waals surface area contributed by atoms with Gasteiger partial charge in [0.2, 0.25) is 0 Å². The van der Waals surface area contributed by atoms with E-state index in [-0.39, 0.29) is 167 Å². The molecule has 6 aliphatic carbocycles. The van der Waals surface area contributed by atoms with Gasteiger partial charge in [-0.2, -0.15) is 87.0 Å². The third-order valence-corrected chi connectivity index (χ3v) is 24.2. The smallest absolute Gasteiger partial charge is 0.256 e. The van der Waals surface area contributed by atoms with Crippen LogP contribution in [0.1, 0.15) is 33.4 Å². The number of benzene rings is 7. The van der Waals surface area contributed by atoms with Crippen LogP contribution in [0.4, 0.5) is 65.2 Å². The molecule has 15 rings (SSSR count). The van der Waals surface area contributed by atoms with Gasteiger partial charge in [0, 0.05) is 52.6 Å². The first kappa shape index (κ1) is 86.5. The van der Waals surface area contributed by atoms with E-state index in [9.17, 15) is 96.8 Å². The molecule has 124 heavy (non-hydrogen) atoms. The minimum atomic E-state index is -10.1. The van der Waals surface area contributed by atoms with Crippen molar-refractivity contribution in [1.29, 1.82) is 31.6 Å². The second kappa shape index (κ2) is 31.0. The molecule has 0 radical (unpaired) electrons. The molecule has 0 N–H and O–H groups in total. The van der Waals surface area contributed by atoms with E-state index in [1.165, 1.54) is 60.7 Å². The van der Waals surface area contributed by atoms with Crippen molar-refractivity contribution in [3.8, 4) is 103 Å². The van der Waals surface area contributed by atoms with Gasteiger partial charge in [-0.1, -0.05) is 118 Å². The highest BCUT2D eigenvalue weighted by Crippen LogP contribution is 3.03. The van der Waals surface area contributed by atoms with Crippen LogP contribution in [0.25, 0.3) is 133 Å². The summed E-state index contributed by atoms with van der Waals surface area (Å²) in [4.78, 5) is 24.7. The number of rotatable bonds is 10. The fraction of sp³-hybridized carbons (Fsp3) is 0.0889. The average molecular weight is 1750 g/mol.